The fourth-order valence-electron chi connectivity index (χ4n) is 1.84. The molecule has 0 fully saturated rings. The maximum atomic E-state index is 10.7. The van der Waals surface area contributed by atoms with Crippen molar-refractivity contribution in [3.8, 4) is 5.75 Å². The Kier molecular flexibility index (Phi) is 4.12. The number of non-ortho nitro benzene ring substituents is 1. The van der Waals surface area contributed by atoms with Crippen molar-refractivity contribution >= 4 is 23.3 Å². The SMILES string of the molecule is Cc1cc([N+](=O)[O-])ccc1N=Cc1cccc([N+](=O)[O-])c1O. The van der Waals surface area contributed by atoms with E-state index in [9.17, 15) is 25.3 Å². The molecule has 0 aliphatic carbocycles. The Bertz CT molecular complexity index is 786. The number of aryl methyl sites for hydroxylation is 1. The lowest BCUT2D eigenvalue weighted by Crippen LogP contribution is -1.92. The smallest absolute Gasteiger partial charge is 0.311 e. The van der Waals surface area contributed by atoms with Crippen molar-refractivity contribution in [2.45, 2.75) is 6.92 Å². The largest absolute Gasteiger partial charge is 0.502 e. The summed E-state index contributed by atoms with van der Waals surface area (Å²) in [4.78, 5) is 24.3. The molecule has 0 aliphatic rings. The molecule has 0 saturated heterocycles. The Morgan fingerprint density at radius 1 is 1.14 bits per heavy atom. The summed E-state index contributed by atoms with van der Waals surface area (Å²) in [7, 11) is 0. The number of nitrogens with zero attached hydrogens (tertiary/aromatic N) is 3. The maximum absolute atomic E-state index is 10.7. The van der Waals surface area contributed by atoms with Gasteiger partial charge in [-0.1, -0.05) is 6.07 Å². The summed E-state index contributed by atoms with van der Waals surface area (Å²) in [5.41, 5.74) is 0.776. The first-order chi connectivity index (χ1) is 10.4. The van der Waals surface area contributed by atoms with Crippen LogP contribution in [0.1, 0.15) is 11.1 Å². The Balaban J connectivity index is 2.35. The standard InChI is InChI=1S/C14H11N3O5/c1-9-7-11(16(19)20)5-6-12(9)15-8-10-3-2-4-13(14(10)18)17(21)22/h2-8,18H,1H3. The van der Waals surface area contributed by atoms with Crippen molar-refractivity contribution in [3.05, 3.63) is 67.8 Å². The van der Waals surface area contributed by atoms with Crippen LogP contribution in [-0.2, 0) is 0 Å². The van der Waals surface area contributed by atoms with E-state index in [1.807, 2.05) is 0 Å². The molecule has 8 nitrogen and oxygen atoms in total. The highest BCUT2D eigenvalue weighted by Gasteiger charge is 2.15. The fourth-order valence-corrected chi connectivity index (χ4v) is 1.84. The van der Waals surface area contributed by atoms with Crippen molar-refractivity contribution in [2.75, 3.05) is 0 Å². The Labute approximate surface area is 124 Å². The predicted octanol–water partition coefficient (Wildman–Crippen LogP) is 3.27. The van der Waals surface area contributed by atoms with Crippen LogP contribution in [0.3, 0.4) is 0 Å². The highest BCUT2D eigenvalue weighted by atomic mass is 16.6. The lowest BCUT2D eigenvalue weighted by atomic mass is 10.1. The molecule has 0 amide bonds. The van der Waals surface area contributed by atoms with Gasteiger partial charge in [-0.3, -0.25) is 25.2 Å². The molecule has 8 heteroatoms. The number of para-hydroxylation sites is 1. The highest BCUT2D eigenvalue weighted by Crippen LogP contribution is 2.29. The van der Waals surface area contributed by atoms with Crippen LogP contribution in [0, 0.1) is 27.2 Å². The minimum Gasteiger partial charge on any atom is -0.502 e. The first-order valence-electron chi connectivity index (χ1n) is 6.15. The van der Waals surface area contributed by atoms with Crippen LogP contribution in [0.15, 0.2) is 41.4 Å². The van der Waals surface area contributed by atoms with Crippen LogP contribution in [0.25, 0.3) is 0 Å². The summed E-state index contributed by atoms with van der Waals surface area (Å²) in [6.45, 7) is 1.66. The van der Waals surface area contributed by atoms with E-state index in [2.05, 4.69) is 4.99 Å². The monoisotopic (exact) mass is 301 g/mol. The van der Waals surface area contributed by atoms with Gasteiger partial charge in [0.15, 0.2) is 0 Å². The van der Waals surface area contributed by atoms with Crippen LogP contribution >= 0.6 is 0 Å². The van der Waals surface area contributed by atoms with Crippen molar-refractivity contribution in [1.82, 2.24) is 0 Å². The first-order valence-corrected chi connectivity index (χ1v) is 6.15. The van der Waals surface area contributed by atoms with Crippen molar-refractivity contribution in [2.24, 2.45) is 4.99 Å². The molecule has 0 radical (unpaired) electrons. The number of rotatable bonds is 4. The second-order valence-corrected chi connectivity index (χ2v) is 4.46. The molecular weight excluding hydrogens is 290 g/mol. The van der Waals surface area contributed by atoms with E-state index in [-0.39, 0.29) is 11.3 Å². The molecule has 0 atom stereocenters. The summed E-state index contributed by atoms with van der Waals surface area (Å²) in [5, 5.41) is 31.2. The minimum atomic E-state index is -0.691. The van der Waals surface area contributed by atoms with Gasteiger partial charge in [0.05, 0.1) is 15.5 Å². The first kappa shape index (κ1) is 15.1. The van der Waals surface area contributed by atoms with E-state index in [0.717, 1.165) is 0 Å². The highest BCUT2D eigenvalue weighted by molar-refractivity contribution is 5.87. The number of phenolic OH excluding ortho intramolecular Hbond substituents is 1. The molecule has 0 aliphatic heterocycles. The molecule has 112 valence electrons. The molecular formula is C14H11N3O5. The van der Waals surface area contributed by atoms with Gasteiger partial charge in [0.25, 0.3) is 5.69 Å². The second kappa shape index (κ2) is 6.00. The molecule has 0 saturated carbocycles. The number of nitro benzene ring substituents is 2. The van der Waals surface area contributed by atoms with Gasteiger partial charge in [-0.25, -0.2) is 0 Å². The summed E-state index contributed by atoms with van der Waals surface area (Å²) >= 11 is 0. The van der Waals surface area contributed by atoms with Gasteiger partial charge < -0.3 is 5.11 Å². The molecule has 0 aromatic heterocycles. The van der Waals surface area contributed by atoms with Gasteiger partial charge >= 0.3 is 5.69 Å². The average molecular weight is 301 g/mol. The lowest BCUT2D eigenvalue weighted by molar-refractivity contribution is -0.385. The zero-order valence-corrected chi connectivity index (χ0v) is 11.5. The number of phenols is 1. The zero-order chi connectivity index (χ0) is 16.3. The van der Waals surface area contributed by atoms with Gasteiger partial charge in [-0.15, -0.1) is 0 Å². The third-order valence-electron chi connectivity index (χ3n) is 2.98. The number of aromatic hydroxyl groups is 1. The maximum Gasteiger partial charge on any atom is 0.311 e. The number of nitro groups is 2. The quantitative estimate of drug-likeness (QED) is 0.528. The van der Waals surface area contributed by atoms with E-state index < -0.39 is 21.3 Å². The minimum absolute atomic E-state index is 0.0466. The summed E-state index contributed by atoms with van der Waals surface area (Å²) in [6, 6.07) is 8.25. The van der Waals surface area contributed by atoms with Gasteiger partial charge in [-0.2, -0.15) is 0 Å². The number of hydrogen-bond donors (Lipinski definition) is 1. The van der Waals surface area contributed by atoms with Gasteiger partial charge in [0.2, 0.25) is 5.75 Å². The number of hydrogen-bond acceptors (Lipinski definition) is 6. The van der Waals surface area contributed by atoms with E-state index in [1.54, 1.807) is 6.92 Å². The van der Waals surface area contributed by atoms with Crippen LogP contribution in [0.2, 0.25) is 0 Å². The summed E-state index contributed by atoms with van der Waals surface area (Å²) in [6.07, 6.45) is 1.27. The van der Waals surface area contributed by atoms with Crippen molar-refractivity contribution in [1.29, 1.82) is 0 Å². The molecule has 22 heavy (non-hydrogen) atoms. The van der Waals surface area contributed by atoms with Crippen LogP contribution in [-0.4, -0.2) is 21.2 Å². The Morgan fingerprint density at radius 3 is 2.45 bits per heavy atom. The number of benzene rings is 2. The third kappa shape index (κ3) is 3.06. The summed E-state index contributed by atoms with van der Waals surface area (Å²) < 4.78 is 0. The molecule has 2 aromatic rings. The average Bonchev–Trinajstić information content (AvgIpc) is 2.46. The number of aliphatic imine (C=N–C) groups is 1. The van der Waals surface area contributed by atoms with Crippen LogP contribution in [0.4, 0.5) is 17.1 Å². The normalized spacial score (nSPS) is 10.8. The van der Waals surface area contributed by atoms with Crippen molar-refractivity contribution < 1.29 is 15.0 Å². The van der Waals surface area contributed by atoms with Gasteiger partial charge in [0.1, 0.15) is 0 Å². The molecule has 1 N–H and O–H groups in total. The fraction of sp³-hybridized carbons (Fsp3) is 0.0714. The molecule has 0 heterocycles. The molecule has 0 unspecified atom stereocenters. The molecule has 2 aromatic carbocycles. The lowest BCUT2D eigenvalue weighted by Gasteiger charge is -2.01. The van der Waals surface area contributed by atoms with E-state index in [4.69, 9.17) is 0 Å². The van der Waals surface area contributed by atoms with E-state index in [0.29, 0.717) is 11.3 Å². The van der Waals surface area contributed by atoms with E-state index in [1.165, 1.54) is 42.6 Å². The third-order valence-corrected chi connectivity index (χ3v) is 2.98. The Hall–Kier alpha value is -3.29. The molecule has 2 rings (SSSR count). The summed E-state index contributed by atoms with van der Waals surface area (Å²) in [5.74, 6) is -0.476. The van der Waals surface area contributed by atoms with Crippen LogP contribution in [0.5, 0.6) is 5.75 Å². The predicted molar refractivity (Wildman–Crippen MR) is 79.8 cm³/mol. The second-order valence-electron chi connectivity index (χ2n) is 4.46. The zero-order valence-electron chi connectivity index (χ0n) is 11.5. The van der Waals surface area contributed by atoms with E-state index >= 15 is 0 Å². The van der Waals surface area contributed by atoms with Gasteiger partial charge in [0, 0.05) is 30.0 Å². The molecule has 0 spiro atoms. The molecule has 0 bridgehead atoms. The Morgan fingerprint density at radius 2 is 1.86 bits per heavy atom. The topological polar surface area (TPSA) is 119 Å². The van der Waals surface area contributed by atoms with Gasteiger partial charge in [-0.05, 0) is 24.6 Å². The van der Waals surface area contributed by atoms with Crippen LogP contribution < -0.4 is 0 Å². The van der Waals surface area contributed by atoms with Crippen molar-refractivity contribution in [3.63, 3.8) is 0 Å².